The molecule has 86 valence electrons. The Morgan fingerprint density at radius 2 is 2.33 bits per heavy atom. The molecular formula is C11H20N2O2. The molecule has 0 bridgehead atoms. The third-order valence-corrected chi connectivity index (χ3v) is 3.30. The Balaban J connectivity index is 1.83. The fraction of sp³-hybridized carbons (Fsp3) is 0.909. The van der Waals surface area contributed by atoms with Crippen molar-refractivity contribution in [3.8, 4) is 0 Å². The summed E-state index contributed by atoms with van der Waals surface area (Å²) >= 11 is 0. The van der Waals surface area contributed by atoms with Gasteiger partial charge >= 0.3 is 0 Å². The van der Waals surface area contributed by atoms with Gasteiger partial charge in [0.2, 0.25) is 5.91 Å². The second kappa shape index (κ2) is 4.49. The van der Waals surface area contributed by atoms with Crippen molar-refractivity contribution in [3.05, 3.63) is 0 Å². The average molecular weight is 212 g/mol. The van der Waals surface area contributed by atoms with E-state index >= 15 is 0 Å². The van der Waals surface area contributed by atoms with E-state index in [4.69, 9.17) is 10.5 Å². The van der Waals surface area contributed by atoms with Crippen LogP contribution in [0.3, 0.4) is 0 Å². The van der Waals surface area contributed by atoms with Crippen LogP contribution in [0.4, 0.5) is 0 Å². The van der Waals surface area contributed by atoms with Crippen LogP contribution in [0.15, 0.2) is 0 Å². The van der Waals surface area contributed by atoms with Crippen molar-refractivity contribution in [1.29, 1.82) is 0 Å². The van der Waals surface area contributed by atoms with E-state index in [1.165, 1.54) is 0 Å². The van der Waals surface area contributed by atoms with Gasteiger partial charge < -0.3 is 15.4 Å². The molecule has 1 heterocycles. The number of nitrogens with two attached hydrogens (primary N) is 1. The summed E-state index contributed by atoms with van der Waals surface area (Å²) < 4.78 is 5.54. The zero-order valence-corrected chi connectivity index (χ0v) is 9.32. The van der Waals surface area contributed by atoms with Gasteiger partial charge in [-0.25, -0.2) is 0 Å². The molecule has 4 nitrogen and oxygen atoms in total. The van der Waals surface area contributed by atoms with Gasteiger partial charge in [-0.3, -0.25) is 4.79 Å². The molecule has 0 aromatic heterocycles. The minimum Gasteiger partial charge on any atom is -0.376 e. The second-order valence-corrected chi connectivity index (χ2v) is 4.52. The van der Waals surface area contributed by atoms with Gasteiger partial charge in [-0.05, 0) is 26.2 Å². The second-order valence-electron chi connectivity index (χ2n) is 4.52. The van der Waals surface area contributed by atoms with Gasteiger partial charge in [0.15, 0.2) is 0 Å². The maximum Gasteiger partial charge on any atom is 0.227 e. The van der Waals surface area contributed by atoms with E-state index in [-0.39, 0.29) is 24.0 Å². The molecule has 1 aliphatic carbocycles. The number of ether oxygens (including phenoxy) is 1. The van der Waals surface area contributed by atoms with Crippen molar-refractivity contribution in [2.24, 2.45) is 11.7 Å². The van der Waals surface area contributed by atoms with Gasteiger partial charge in [-0.15, -0.1) is 0 Å². The lowest BCUT2D eigenvalue weighted by atomic mass is 10.2. The molecule has 2 fully saturated rings. The van der Waals surface area contributed by atoms with Crippen LogP contribution in [0.2, 0.25) is 0 Å². The van der Waals surface area contributed by atoms with Crippen LogP contribution in [-0.2, 0) is 9.53 Å². The normalized spacial score (nSPS) is 34.1. The Morgan fingerprint density at radius 1 is 1.60 bits per heavy atom. The van der Waals surface area contributed by atoms with Gasteiger partial charge in [-0.1, -0.05) is 0 Å². The van der Waals surface area contributed by atoms with E-state index in [1.807, 2.05) is 11.8 Å². The number of carbonyl (C=O) groups excluding carboxylic acids is 1. The van der Waals surface area contributed by atoms with E-state index in [9.17, 15) is 4.79 Å². The number of likely N-dealkylation sites (N-methyl/N-ethyl adjacent to an activating group) is 1. The summed E-state index contributed by atoms with van der Waals surface area (Å²) in [5.74, 6) is 0.312. The molecule has 3 atom stereocenters. The van der Waals surface area contributed by atoms with Crippen molar-refractivity contribution in [1.82, 2.24) is 4.90 Å². The predicted molar refractivity (Wildman–Crippen MR) is 57.3 cm³/mol. The lowest BCUT2D eigenvalue weighted by Gasteiger charge is -2.24. The maximum atomic E-state index is 11.9. The molecular weight excluding hydrogens is 192 g/mol. The fourth-order valence-corrected chi connectivity index (χ4v) is 2.14. The third kappa shape index (κ3) is 2.49. The molecule has 0 spiro atoms. The smallest absolute Gasteiger partial charge is 0.227 e. The number of nitrogens with zero attached hydrogens (tertiary/aromatic N) is 1. The quantitative estimate of drug-likeness (QED) is 0.732. The van der Waals surface area contributed by atoms with Gasteiger partial charge in [0.25, 0.3) is 0 Å². The summed E-state index contributed by atoms with van der Waals surface area (Å²) in [7, 11) is 0. The van der Waals surface area contributed by atoms with E-state index in [0.29, 0.717) is 0 Å². The molecule has 2 aliphatic rings. The average Bonchev–Trinajstić information content (AvgIpc) is 2.77. The molecule has 2 rings (SSSR count). The molecule has 1 saturated heterocycles. The Morgan fingerprint density at radius 3 is 2.80 bits per heavy atom. The minimum atomic E-state index is 0.0892. The first kappa shape index (κ1) is 10.9. The molecule has 4 heteroatoms. The van der Waals surface area contributed by atoms with Gasteiger partial charge in [0.1, 0.15) is 0 Å². The van der Waals surface area contributed by atoms with Gasteiger partial charge in [-0.2, -0.15) is 0 Å². The molecule has 2 N–H and O–H groups in total. The standard InChI is InChI=1S/C11H20N2O2/c1-2-13(7-8-4-3-5-15-8)11(14)9-6-10(9)12/h8-10H,2-7,12H2,1H3. The summed E-state index contributed by atoms with van der Waals surface area (Å²) in [6.07, 6.45) is 3.32. The molecule has 1 saturated carbocycles. The summed E-state index contributed by atoms with van der Waals surface area (Å²) in [4.78, 5) is 13.8. The third-order valence-electron chi connectivity index (χ3n) is 3.30. The number of hydrogen-bond acceptors (Lipinski definition) is 3. The molecule has 1 amide bonds. The molecule has 0 aromatic rings. The van der Waals surface area contributed by atoms with Gasteiger partial charge in [0.05, 0.1) is 12.0 Å². The van der Waals surface area contributed by atoms with Crippen LogP contribution in [0, 0.1) is 5.92 Å². The van der Waals surface area contributed by atoms with Crippen LogP contribution >= 0.6 is 0 Å². The highest BCUT2D eigenvalue weighted by Crippen LogP contribution is 2.30. The Hall–Kier alpha value is -0.610. The minimum absolute atomic E-state index is 0.0892. The van der Waals surface area contributed by atoms with E-state index in [0.717, 1.165) is 39.0 Å². The molecule has 15 heavy (non-hydrogen) atoms. The largest absolute Gasteiger partial charge is 0.376 e. The summed E-state index contributed by atoms with van der Waals surface area (Å²) in [5, 5.41) is 0. The van der Waals surface area contributed by atoms with Crippen LogP contribution in [-0.4, -0.2) is 42.6 Å². The van der Waals surface area contributed by atoms with Gasteiger partial charge in [0, 0.05) is 25.7 Å². The lowest BCUT2D eigenvalue weighted by Crippen LogP contribution is -2.39. The first-order valence-electron chi connectivity index (χ1n) is 5.88. The monoisotopic (exact) mass is 212 g/mol. The van der Waals surface area contributed by atoms with Crippen molar-refractivity contribution < 1.29 is 9.53 Å². The Bertz CT molecular complexity index is 239. The first-order chi connectivity index (χ1) is 7.22. The lowest BCUT2D eigenvalue weighted by molar-refractivity contribution is -0.134. The number of amides is 1. The van der Waals surface area contributed by atoms with E-state index < -0.39 is 0 Å². The Kier molecular flexibility index (Phi) is 3.26. The molecule has 0 aromatic carbocycles. The molecule has 1 aliphatic heterocycles. The summed E-state index contributed by atoms with van der Waals surface area (Å²) in [6.45, 7) is 4.38. The highest BCUT2D eigenvalue weighted by atomic mass is 16.5. The van der Waals surface area contributed by atoms with Crippen molar-refractivity contribution in [2.75, 3.05) is 19.7 Å². The van der Waals surface area contributed by atoms with Crippen LogP contribution in [0.1, 0.15) is 26.2 Å². The van der Waals surface area contributed by atoms with Crippen LogP contribution in [0.25, 0.3) is 0 Å². The first-order valence-corrected chi connectivity index (χ1v) is 5.88. The number of rotatable bonds is 4. The molecule has 3 unspecified atom stereocenters. The van der Waals surface area contributed by atoms with E-state index in [2.05, 4.69) is 0 Å². The SMILES string of the molecule is CCN(CC1CCCO1)C(=O)C1CC1N. The number of carbonyl (C=O) groups is 1. The zero-order valence-electron chi connectivity index (χ0n) is 9.32. The van der Waals surface area contributed by atoms with Crippen LogP contribution < -0.4 is 5.73 Å². The van der Waals surface area contributed by atoms with Crippen LogP contribution in [0.5, 0.6) is 0 Å². The van der Waals surface area contributed by atoms with Crippen molar-refractivity contribution >= 4 is 5.91 Å². The predicted octanol–water partition coefficient (Wildman–Crippen LogP) is 0.361. The Labute approximate surface area is 90.8 Å². The fourth-order valence-electron chi connectivity index (χ4n) is 2.14. The van der Waals surface area contributed by atoms with Crippen molar-refractivity contribution in [3.63, 3.8) is 0 Å². The van der Waals surface area contributed by atoms with E-state index in [1.54, 1.807) is 0 Å². The summed E-state index contributed by atoms with van der Waals surface area (Å²) in [6, 6.07) is 0.107. The number of hydrogen-bond donors (Lipinski definition) is 1. The highest BCUT2D eigenvalue weighted by Gasteiger charge is 2.42. The maximum absolute atomic E-state index is 11.9. The topological polar surface area (TPSA) is 55.6 Å². The summed E-state index contributed by atoms with van der Waals surface area (Å²) in [5.41, 5.74) is 5.69. The highest BCUT2D eigenvalue weighted by molar-refractivity contribution is 5.82. The van der Waals surface area contributed by atoms with Crippen molar-refractivity contribution in [2.45, 2.75) is 38.3 Å². The zero-order chi connectivity index (χ0) is 10.8. The molecule has 0 radical (unpaired) electrons.